The van der Waals surface area contributed by atoms with Gasteiger partial charge in [0.05, 0.1) is 0 Å². The van der Waals surface area contributed by atoms with E-state index in [0.29, 0.717) is 0 Å². The van der Waals surface area contributed by atoms with Gasteiger partial charge in [0.2, 0.25) is 0 Å². The van der Waals surface area contributed by atoms with Crippen LogP contribution >= 0.6 is 0 Å². The molecule has 0 amide bonds. The molecule has 0 bridgehead atoms. The molecule has 0 unspecified atom stereocenters. The molecule has 15 heavy (non-hydrogen) atoms. The quantitative estimate of drug-likeness (QED) is 0.571. The summed E-state index contributed by atoms with van der Waals surface area (Å²) in [5.41, 5.74) is 4.21. The highest BCUT2D eigenvalue weighted by Crippen LogP contribution is 2.12. The number of benzene rings is 1. The molecule has 0 aromatic heterocycles. The third kappa shape index (κ3) is 3.88. The third-order valence-electron chi connectivity index (χ3n) is 2.67. The third-order valence-corrected chi connectivity index (χ3v) is 2.67. The van der Waals surface area contributed by atoms with Crippen LogP contribution < -0.4 is 5.32 Å². The summed E-state index contributed by atoms with van der Waals surface area (Å²) in [6, 6.07) is 6.47. The van der Waals surface area contributed by atoms with Crippen LogP contribution in [-0.2, 0) is 6.54 Å². The molecule has 0 atom stereocenters. The Morgan fingerprint density at radius 3 is 2.47 bits per heavy atom. The van der Waals surface area contributed by atoms with Crippen molar-refractivity contribution in [1.82, 2.24) is 5.32 Å². The summed E-state index contributed by atoms with van der Waals surface area (Å²) in [7, 11) is 0. The molecule has 1 rings (SSSR count). The Morgan fingerprint density at radius 2 is 1.87 bits per heavy atom. The van der Waals surface area contributed by atoms with Crippen molar-refractivity contribution >= 4 is 0 Å². The van der Waals surface area contributed by atoms with Gasteiger partial charge >= 0.3 is 0 Å². The number of aryl methyl sites for hydroxylation is 2. The van der Waals surface area contributed by atoms with E-state index in [4.69, 9.17) is 0 Å². The number of nitrogens with one attached hydrogen (secondary N) is 1. The summed E-state index contributed by atoms with van der Waals surface area (Å²) in [5.74, 6) is 0. The van der Waals surface area contributed by atoms with E-state index in [2.05, 4.69) is 56.4 Å². The average molecular weight is 203 g/mol. The molecule has 0 aliphatic heterocycles. The molecule has 0 aliphatic rings. The second-order valence-corrected chi connectivity index (χ2v) is 3.90. The summed E-state index contributed by atoms with van der Waals surface area (Å²) in [6.07, 6.45) is 5.40. The van der Waals surface area contributed by atoms with E-state index in [9.17, 15) is 0 Å². The van der Waals surface area contributed by atoms with Crippen LogP contribution in [0.3, 0.4) is 0 Å². The van der Waals surface area contributed by atoms with Crippen LogP contribution in [0, 0.1) is 13.8 Å². The van der Waals surface area contributed by atoms with Crippen molar-refractivity contribution in [2.75, 3.05) is 6.54 Å². The Balaban J connectivity index is 2.43. The van der Waals surface area contributed by atoms with E-state index in [-0.39, 0.29) is 0 Å². The molecule has 0 saturated heterocycles. The fraction of sp³-hybridized carbons (Fsp3) is 0.429. The van der Waals surface area contributed by atoms with Crippen LogP contribution in [0.4, 0.5) is 0 Å². The largest absolute Gasteiger partial charge is 0.312 e. The number of hydrogen-bond donors (Lipinski definition) is 1. The van der Waals surface area contributed by atoms with Gasteiger partial charge in [-0.05, 0) is 50.4 Å². The van der Waals surface area contributed by atoms with Gasteiger partial charge in [0.1, 0.15) is 0 Å². The molecule has 0 heterocycles. The zero-order chi connectivity index (χ0) is 11.1. The minimum atomic E-state index is 0.982. The minimum absolute atomic E-state index is 0.982. The Morgan fingerprint density at radius 1 is 1.20 bits per heavy atom. The van der Waals surface area contributed by atoms with E-state index in [1.807, 2.05) is 0 Å². The van der Waals surface area contributed by atoms with Crippen molar-refractivity contribution in [2.45, 2.75) is 33.7 Å². The van der Waals surface area contributed by atoms with Gasteiger partial charge in [0.15, 0.2) is 0 Å². The molecular weight excluding hydrogens is 182 g/mol. The standard InChI is InChI=1S/C14H21N/c1-4-5-6-10-15-11-14-12(2)8-7-9-13(14)3/h4-5,7-9,15H,6,10-11H2,1-3H3/b5-4+. The van der Waals surface area contributed by atoms with Crippen molar-refractivity contribution < 1.29 is 0 Å². The lowest BCUT2D eigenvalue weighted by Gasteiger charge is -2.10. The molecule has 0 spiro atoms. The minimum Gasteiger partial charge on any atom is -0.312 e. The molecule has 0 saturated carbocycles. The number of hydrogen-bond acceptors (Lipinski definition) is 1. The normalized spacial score (nSPS) is 11.1. The number of rotatable bonds is 5. The maximum Gasteiger partial charge on any atom is 0.0210 e. The molecule has 0 radical (unpaired) electrons. The predicted molar refractivity (Wildman–Crippen MR) is 67.1 cm³/mol. The Labute approximate surface area is 93.2 Å². The molecular formula is C14H21N. The first kappa shape index (κ1) is 12.0. The maximum absolute atomic E-state index is 3.47. The first-order valence-electron chi connectivity index (χ1n) is 5.62. The van der Waals surface area contributed by atoms with E-state index in [1.165, 1.54) is 16.7 Å². The van der Waals surface area contributed by atoms with Gasteiger partial charge in [-0.1, -0.05) is 30.4 Å². The van der Waals surface area contributed by atoms with Gasteiger partial charge in [0.25, 0.3) is 0 Å². The second-order valence-electron chi connectivity index (χ2n) is 3.90. The van der Waals surface area contributed by atoms with Crippen molar-refractivity contribution in [3.8, 4) is 0 Å². The van der Waals surface area contributed by atoms with E-state index >= 15 is 0 Å². The number of allylic oxidation sites excluding steroid dienone is 1. The van der Waals surface area contributed by atoms with Crippen molar-refractivity contribution in [2.24, 2.45) is 0 Å². The summed E-state index contributed by atoms with van der Waals surface area (Å²) in [5, 5.41) is 3.47. The Bertz CT molecular complexity index is 306. The van der Waals surface area contributed by atoms with Crippen LogP contribution in [0.15, 0.2) is 30.4 Å². The first-order chi connectivity index (χ1) is 7.25. The molecule has 1 aromatic carbocycles. The summed E-state index contributed by atoms with van der Waals surface area (Å²) >= 11 is 0. The maximum atomic E-state index is 3.47. The average Bonchev–Trinajstić information content (AvgIpc) is 2.21. The fourth-order valence-corrected chi connectivity index (χ4v) is 1.69. The van der Waals surface area contributed by atoms with E-state index in [1.54, 1.807) is 0 Å². The SMILES string of the molecule is C/C=C/CCNCc1c(C)cccc1C. The summed E-state index contributed by atoms with van der Waals surface area (Å²) in [6.45, 7) is 8.45. The van der Waals surface area contributed by atoms with E-state index < -0.39 is 0 Å². The first-order valence-corrected chi connectivity index (χ1v) is 5.62. The Kier molecular flexibility index (Phi) is 5.13. The van der Waals surface area contributed by atoms with Gasteiger partial charge in [-0.2, -0.15) is 0 Å². The van der Waals surface area contributed by atoms with Gasteiger partial charge in [-0.3, -0.25) is 0 Å². The summed E-state index contributed by atoms with van der Waals surface area (Å²) in [4.78, 5) is 0. The molecule has 1 heteroatoms. The van der Waals surface area contributed by atoms with Crippen LogP contribution in [0.1, 0.15) is 30.0 Å². The fourth-order valence-electron chi connectivity index (χ4n) is 1.69. The predicted octanol–water partition coefficient (Wildman–Crippen LogP) is 3.36. The highest BCUT2D eigenvalue weighted by molar-refractivity contribution is 5.33. The van der Waals surface area contributed by atoms with Gasteiger partial charge in [-0.15, -0.1) is 0 Å². The highest BCUT2D eigenvalue weighted by Gasteiger charge is 2.00. The van der Waals surface area contributed by atoms with Crippen molar-refractivity contribution in [3.63, 3.8) is 0 Å². The summed E-state index contributed by atoms with van der Waals surface area (Å²) < 4.78 is 0. The lowest BCUT2D eigenvalue weighted by atomic mass is 10.0. The van der Waals surface area contributed by atoms with Crippen LogP contribution in [0.2, 0.25) is 0 Å². The lowest BCUT2D eigenvalue weighted by molar-refractivity contribution is 0.690. The zero-order valence-corrected chi connectivity index (χ0v) is 10.0. The molecule has 1 nitrogen and oxygen atoms in total. The van der Waals surface area contributed by atoms with Gasteiger partial charge in [0, 0.05) is 6.54 Å². The van der Waals surface area contributed by atoms with Crippen LogP contribution in [0.5, 0.6) is 0 Å². The van der Waals surface area contributed by atoms with E-state index in [0.717, 1.165) is 19.5 Å². The van der Waals surface area contributed by atoms with Crippen LogP contribution in [-0.4, -0.2) is 6.54 Å². The lowest BCUT2D eigenvalue weighted by Crippen LogP contribution is -2.15. The van der Waals surface area contributed by atoms with Gasteiger partial charge < -0.3 is 5.32 Å². The monoisotopic (exact) mass is 203 g/mol. The molecule has 0 fully saturated rings. The molecule has 1 aromatic rings. The topological polar surface area (TPSA) is 12.0 Å². The smallest absolute Gasteiger partial charge is 0.0210 e. The van der Waals surface area contributed by atoms with Crippen molar-refractivity contribution in [3.05, 3.63) is 47.0 Å². The molecule has 1 N–H and O–H groups in total. The Hall–Kier alpha value is -1.08. The molecule has 82 valence electrons. The van der Waals surface area contributed by atoms with Crippen molar-refractivity contribution in [1.29, 1.82) is 0 Å². The zero-order valence-electron chi connectivity index (χ0n) is 10.0. The van der Waals surface area contributed by atoms with Crippen LogP contribution in [0.25, 0.3) is 0 Å². The highest BCUT2D eigenvalue weighted by atomic mass is 14.8. The molecule has 0 aliphatic carbocycles. The second kappa shape index (κ2) is 6.41. The van der Waals surface area contributed by atoms with Gasteiger partial charge in [-0.25, -0.2) is 0 Å².